The third-order valence-corrected chi connectivity index (χ3v) is 5.67. The Morgan fingerprint density at radius 3 is 2.53 bits per heavy atom. The van der Waals surface area contributed by atoms with E-state index in [0.717, 1.165) is 0 Å². The number of hydrogen-bond donors (Lipinski definition) is 2. The molecule has 1 unspecified atom stereocenters. The van der Waals surface area contributed by atoms with Gasteiger partial charge in [0, 0.05) is 6.04 Å². The molecule has 1 aliphatic heterocycles. The van der Waals surface area contributed by atoms with Gasteiger partial charge in [-0.2, -0.15) is 0 Å². The lowest BCUT2D eigenvalue weighted by Gasteiger charge is -2.25. The molecule has 1 saturated heterocycles. The first-order chi connectivity index (χ1) is 7.86. The number of amides is 1. The zero-order valence-electron chi connectivity index (χ0n) is 9.44. The molecule has 3 N–H and O–H groups in total. The number of nitrogens with one attached hydrogen (secondary N) is 1. The third-order valence-electron chi connectivity index (χ3n) is 3.45. The van der Waals surface area contributed by atoms with Gasteiger partial charge in [-0.05, 0) is 25.7 Å². The highest BCUT2D eigenvalue weighted by Crippen LogP contribution is 2.46. The first-order valence-corrected chi connectivity index (χ1v) is 7.90. The molecule has 0 aromatic carbocycles. The van der Waals surface area contributed by atoms with Crippen molar-refractivity contribution >= 4 is 33.0 Å². The van der Waals surface area contributed by atoms with Crippen molar-refractivity contribution in [2.75, 3.05) is 11.5 Å². The maximum atomic E-state index is 12.0. The van der Waals surface area contributed by atoms with Crippen LogP contribution in [0.2, 0.25) is 0 Å². The van der Waals surface area contributed by atoms with E-state index in [1.807, 2.05) is 0 Å². The van der Waals surface area contributed by atoms with Gasteiger partial charge in [-0.25, -0.2) is 8.42 Å². The lowest BCUT2D eigenvalue weighted by atomic mass is 10.1. The van der Waals surface area contributed by atoms with Crippen molar-refractivity contribution in [1.82, 2.24) is 5.32 Å². The number of carbonyl (C=O) groups excluding carboxylic acids is 1. The zero-order chi connectivity index (χ0) is 12.7. The largest absolute Gasteiger partial charge is 0.392 e. The molecule has 2 rings (SSSR count). The van der Waals surface area contributed by atoms with E-state index in [0.29, 0.717) is 25.7 Å². The average molecular weight is 276 g/mol. The Balaban J connectivity index is 1.98. The Morgan fingerprint density at radius 2 is 2.06 bits per heavy atom. The molecule has 1 heterocycles. The Bertz CT molecular complexity index is 454. The summed E-state index contributed by atoms with van der Waals surface area (Å²) in [6, 6.07) is -0.284. The van der Waals surface area contributed by atoms with Crippen LogP contribution in [-0.2, 0) is 14.6 Å². The summed E-state index contributed by atoms with van der Waals surface area (Å²) >= 11 is 4.88. The molecule has 2 fully saturated rings. The Labute approximate surface area is 106 Å². The summed E-state index contributed by atoms with van der Waals surface area (Å²) in [5, 5.41) is 2.77. The summed E-state index contributed by atoms with van der Waals surface area (Å²) < 4.78 is 22.9. The van der Waals surface area contributed by atoms with Gasteiger partial charge < -0.3 is 11.1 Å². The van der Waals surface area contributed by atoms with E-state index < -0.39 is 15.3 Å². The molecule has 7 heteroatoms. The Kier molecular flexibility index (Phi) is 3.15. The fourth-order valence-electron chi connectivity index (χ4n) is 2.17. The smallest absolute Gasteiger partial charge is 0.233 e. The van der Waals surface area contributed by atoms with Crippen molar-refractivity contribution in [3.63, 3.8) is 0 Å². The van der Waals surface area contributed by atoms with Crippen LogP contribution in [-0.4, -0.2) is 36.9 Å². The van der Waals surface area contributed by atoms with E-state index in [4.69, 9.17) is 18.0 Å². The molecule has 1 atom stereocenters. The fourth-order valence-corrected chi connectivity index (χ4v) is 4.10. The maximum absolute atomic E-state index is 12.0. The summed E-state index contributed by atoms with van der Waals surface area (Å²) in [7, 11) is -3.00. The van der Waals surface area contributed by atoms with Gasteiger partial charge in [0.25, 0.3) is 0 Å². The van der Waals surface area contributed by atoms with Crippen LogP contribution in [0.3, 0.4) is 0 Å². The van der Waals surface area contributed by atoms with E-state index >= 15 is 0 Å². The SMILES string of the molecule is NC(=S)C1(C(=O)NC2CCCS(=O)(=O)C2)CC1. The van der Waals surface area contributed by atoms with Crippen LogP contribution in [0.4, 0.5) is 0 Å². The molecule has 0 aromatic heterocycles. The molecule has 5 nitrogen and oxygen atoms in total. The van der Waals surface area contributed by atoms with Crippen LogP contribution in [0.25, 0.3) is 0 Å². The molecule has 1 aliphatic carbocycles. The van der Waals surface area contributed by atoms with Crippen molar-refractivity contribution in [1.29, 1.82) is 0 Å². The standard InChI is InChI=1S/C10H16N2O3S2/c11-8(16)10(3-4-10)9(13)12-7-2-1-5-17(14,15)6-7/h7H,1-6H2,(H2,11,16)(H,12,13). The Hall–Kier alpha value is -0.690. The van der Waals surface area contributed by atoms with Crippen LogP contribution in [0, 0.1) is 5.41 Å². The summed E-state index contributed by atoms with van der Waals surface area (Å²) in [4.78, 5) is 12.2. The zero-order valence-corrected chi connectivity index (χ0v) is 11.1. The third kappa shape index (κ3) is 2.60. The second kappa shape index (κ2) is 4.20. The van der Waals surface area contributed by atoms with E-state index in [1.165, 1.54) is 0 Å². The molecule has 0 bridgehead atoms. The topological polar surface area (TPSA) is 89.3 Å². The van der Waals surface area contributed by atoms with Crippen molar-refractivity contribution in [3.05, 3.63) is 0 Å². The molecule has 96 valence electrons. The molecule has 17 heavy (non-hydrogen) atoms. The molecular weight excluding hydrogens is 260 g/mol. The normalized spacial score (nSPS) is 29.3. The highest BCUT2D eigenvalue weighted by atomic mass is 32.2. The number of sulfone groups is 1. The second-order valence-corrected chi connectivity index (χ2v) is 7.54. The van der Waals surface area contributed by atoms with Gasteiger partial charge in [0.05, 0.1) is 21.9 Å². The first kappa shape index (κ1) is 12.8. The van der Waals surface area contributed by atoms with Crippen LogP contribution >= 0.6 is 12.2 Å². The minimum atomic E-state index is -3.00. The number of rotatable bonds is 3. The summed E-state index contributed by atoms with van der Waals surface area (Å²) in [5.74, 6) is 0.0542. The predicted molar refractivity (Wildman–Crippen MR) is 68.3 cm³/mol. The molecule has 0 spiro atoms. The highest BCUT2D eigenvalue weighted by molar-refractivity contribution is 7.91. The minimum Gasteiger partial charge on any atom is -0.392 e. The van der Waals surface area contributed by atoms with Crippen LogP contribution in [0.5, 0.6) is 0 Å². The van der Waals surface area contributed by atoms with Crippen molar-refractivity contribution < 1.29 is 13.2 Å². The van der Waals surface area contributed by atoms with Crippen LogP contribution in [0.1, 0.15) is 25.7 Å². The van der Waals surface area contributed by atoms with E-state index in [1.54, 1.807) is 0 Å². The molecule has 0 aromatic rings. The molecule has 0 radical (unpaired) electrons. The van der Waals surface area contributed by atoms with Crippen molar-refractivity contribution in [2.45, 2.75) is 31.7 Å². The Morgan fingerprint density at radius 1 is 1.41 bits per heavy atom. The quantitative estimate of drug-likeness (QED) is 0.694. The van der Waals surface area contributed by atoms with Crippen LogP contribution < -0.4 is 11.1 Å². The van der Waals surface area contributed by atoms with E-state index in [9.17, 15) is 13.2 Å². The van der Waals surface area contributed by atoms with Crippen LogP contribution in [0.15, 0.2) is 0 Å². The lowest BCUT2D eigenvalue weighted by molar-refractivity contribution is -0.124. The van der Waals surface area contributed by atoms with Gasteiger partial charge in [-0.15, -0.1) is 0 Å². The van der Waals surface area contributed by atoms with Gasteiger partial charge in [0.15, 0.2) is 9.84 Å². The molecule has 1 saturated carbocycles. The predicted octanol–water partition coefficient (Wildman–Crippen LogP) is -0.254. The first-order valence-electron chi connectivity index (χ1n) is 5.67. The second-order valence-electron chi connectivity index (χ2n) is 4.87. The lowest BCUT2D eigenvalue weighted by Crippen LogP contribution is -2.48. The van der Waals surface area contributed by atoms with Gasteiger partial charge in [-0.3, -0.25) is 4.79 Å². The van der Waals surface area contributed by atoms with Crippen molar-refractivity contribution in [3.8, 4) is 0 Å². The highest BCUT2D eigenvalue weighted by Gasteiger charge is 2.53. The number of thiocarbonyl (C=S) groups is 1. The summed E-state index contributed by atoms with van der Waals surface area (Å²) in [6.07, 6.45) is 2.66. The summed E-state index contributed by atoms with van der Waals surface area (Å²) in [6.45, 7) is 0. The molecular formula is C10H16N2O3S2. The fraction of sp³-hybridized carbons (Fsp3) is 0.800. The van der Waals surface area contributed by atoms with Gasteiger partial charge in [0.1, 0.15) is 0 Å². The maximum Gasteiger partial charge on any atom is 0.233 e. The van der Waals surface area contributed by atoms with Crippen molar-refractivity contribution in [2.24, 2.45) is 11.1 Å². The number of carbonyl (C=O) groups is 1. The van der Waals surface area contributed by atoms with E-state index in [2.05, 4.69) is 5.32 Å². The van der Waals surface area contributed by atoms with Gasteiger partial charge >= 0.3 is 0 Å². The number of nitrogens with two attached hydrogens (primary N) is 1. The van der Waals surface area contributed by atoms with E-state index in [-0.39, 0.29) is 28.4 Å². The summed E-state index contributed by atoms with van der Waals surface area (Å²) in [5.41, 5.74) is 4.85. The monoisotopic (exact) mass is 276 g/mol. The number of hydrogen-bond acceptors (Lipinski definition) is 4. The van der Waals surface area contributed by atoms with Gasteiger partial charge in [0.2, 0.25) is 5.91 Å². The molecule has 1 amide bonds. The minimum absolute atomic E-state index is 0.0339. The van der Waals surface area contributed by atoms with Gasteiger partial charge in [-0.1, -0.05) is 12.2 Å². The molecule has 2 aliphatic rings. The average Bonchev–Trinajstić information content (AvgIpc) is 2.95.